The van der Waals surface area contributed by atoms with Gasteiger partial charge in [0.1, 0.15) is 19.0 Å². The lowest BCUT2D eigenvalue weighted by atomic mass is 10.0. The number of nitrogens with two attached hydrogens (primary N) is 1. The average Bonchev–Trinajstić information content (AvgIpc) is 2.35. The van der Waals surface area contributed by atoms with E-state index in [0.29, 0.717) is 24.9 Å². The van der Waals surface area contributed by atoms with Crippen LogP contribution in [0, 0.1) is 0 Å². The molecule has 2 heterocycles. The second-order valence-electron chi connectivity index (χ2n) is 4.81. The molecular formula is C14H16N2O2. The van der Waals surface area contributed by atoms with Gasteiger partial charge >= 0.3 is 0 Å². The van der Waals surface area contributed by atoms with Crippen molar-refractivity contribution >= 4 is 16.7 Å². The predicted molar refractivity (Wildman–Crippen MR) is 71.2 cm³/mol. The molecular weight excluding hydrogens is 228 g/mol. The number of fused-ring (bicyclic) bond motifs is 2. The summed E-state index contributed by atoms with van der Waals surface area (Å²) in [6.45, 7) is 5.39. The van der Waals surface area contributed by atoms with E-state index in [1.54, 1.807) is 0 Å². The zero-order chi connectivity index (χ0) is 12.7. The molecule has 3 rings (SSSR count). The van der Waals surface area contributed by atoms with Crippen LogP contribution in [-0.2, 0) is 0 Å². The fraction of sp³-hybridized carbons (Fsp3) is 0.357. The Morgan fingerprint density at radius 2 is 1.78 bits per heavy atom. The van der Waals surface area contributed by atoms with E-state index >= 15 is 0 Å². The van der Waals surface area contributed by atoms with Gasteiger partial charge in [0.25, 0.3) is 0 Å². The van der Waals surface area contributed by atoms with Crippen molar-refractivity contribution < 1.29 is 9.47 Å². The first-order valence-corrected chi connectivity index (χ1v) is 6.15. The van der Waals surface area contributed by atoms with Gasteiger partial charge in [-0.05, 0) is 23.6 Å². The van der Waals surface area contributed by atoms with Crippen molar-refractivity contribution in [3.63, 3.8) is 0 Å². The third-order valence-corrected chi connectivity index (χ3v) is 3.16. The van der Waals surface area contributed by atoms with Gasteiger partial charge in [-0.3, -0.25) is 0 Å². The molecule has 0 fully saturated rings. The Balaban J connectivity index is 2.21. The standard InChI is InChI=1S/C14H16N2O2/c1-8(2)10-5-9-6-12-13(18-4-3-17-12)7-11(9)16-14(10)15/h5-8H,3-4H2,1-2H3,(H2,15,16). The Morgan fingerprint density at radius 3 is 2.44 bits per heavy atom. The Morgan fingerprint density at radius 1 is 1.11 bits per heavy atom. The number of pyridine rings is 1. The molecule has 0 saturated carbocycles. The summed E-state index contributed by atoms with van der Waals surface area (Å²) >= 11 is 0. The summed E-state index contributed by atoms with van der Waals surface area (Å²) in [5.74, 6) is 2.48. The SMILES string of the molecule is CC(C)c1cc2cc3c(cc2nc1N)OCCO3. The highest BCUT2D eigenvalue weighted by Gasteiger charge is 2.15. The monoisotopic (exact) mass is 244 g/mol. The summed E-state index contributed by atoms with van der Waals surface area (Å²) in [4.78, 5) is 4.45. The topological polar surface area (TPSA) is 57.4 Å². The van der Waals surface area contributed by atoms with E-state index in [1.807, 2.05) is 12.1 Å². The first kappa shape index (κ1) is 11.1. The highest BCUT2D eigenvalue weighted by molar-refractivity contribution is 5.85. The van der Waals surface area contributed by atoms with E-state index in [4.69, 9.17) is 15.2 Å². The van der Waals surface area contributed by atoms with E-state index in [0.717, 1.165) is 28.0 Å². The Hall–Kier alpha value is -1.97. The number of hydrogen-bond donors (Lipinski definition) is 1. The van der Waals surface area contributed by atoms with E-state index in [1.165, 1.54) is 0 Å². The summed E-state index contributed by atoms with van der Waals surface area (Å²) in [5, 5.41) is 1.04. The number of benzene rings is 1. The van der Waals surface area contributed by atoms with Crippen LogP contribution in [0.4, 0.5) is 5.82 Å². The molecule has 0 radical (unpaired) electrons. The minimum atomic E-state index is 0.357. The van der Waals surface area contributed by atoms with Crippen molar-refractivity contribution in [2.24, 2.45) is 0 Å². The van der Waals surface area contributed by atoms with Gasteiger partial charge in [-0.1, -0.05) is 13.8 Å². The summed E-state index contributed by atoms with van der Waals surface area (Å²) in [6.07, 6.45) is 0. The third-order valence-electron chi connectivity index (χ3n) is 3.16. The van der Waals surface area contributed by atoms with Crippen LogP contribution in [0.3, 0.4) is 0 Å². The maximum atomic E-state index is 5.98. The second kappa shape index (κ2) is 4.05. The fourth-order valence-electron chi connectivity index (χ4n) is 2.20. The van der Waals surface area contributed by atoms with Gasteiger partial charge in [-0.25, -0.2) is 4.98 Å². The Labute approximate surface area is 106 Å². The number of anilines is 1. The molecule has 0 spiro atoms. The van der Waals surface area contributed by atoms with Crippen LogP contribution in [0.15, 0.2) is 18.2 Å². The molecule has 2 aromatic rings. The van der Waals surface area contributed by atoms with Gasteiger partial charge in [0.2, 0.25) is 0 Å². The zero-order valence-electron chi connectivity index (χ0n) is 10.6. The van der Waals surface area contributed by atoms with Crippen molar-refractivity contribution in [2.45, 2.75) is 19.8 Å². The minimum absolute atomic E-state index is 0.357. The molecule has 0 aliphatic carbocycles. The van der Waals surface area contributed by atoms with Crippen LogP contribution >= 0.6 is 0 Å². The average molecular weight is 244 g/mol. The third kappa shape index (κ3) is 1.74. The molecule has 4 heteroatoms. The van der Waals surface area contributed by atoms with Crippen LogP contribution in [-0.4, -0.2) is 18.2 Å². The Kier molecular flexibility index (Phi) is 2.51. The summed E-state index contributed by atoms with van der Waals surface area (Å²) in [7, 11) is 0. The second-order valence-corrected chi connectivity index (χ2v) is 4.81. The highest BCUT2D eigenvalue weighted by atomic mass is 16.6. The zero-order valence-corrected chi connectivity index (χ0v) is 10.6. The number of aromatic nitrogens is 1. The molecule has 1 aliphatic heterocycles. The van der Waals surface area contributed by atoms with Gasteiger partial charge < -0.3 is 15.2 Å². The van der Waals surface area contributed by atoms with Crippen LogP contribution in [0.25, 0.3) is 10.9 Å². The lowest BCUT2D eigenvalue weighted by molar-refractivity contribution is 0.172. The normalized spacial score (nSPS) is 14.2. The lowest BCUT2D eigenvalue weighted by Gasteiger charge is -2.19. The van der Waals surface area contributed by atoms with Crippen LogP contribution in [0.5, 0.6) is 11.5 Å². The summed E-state index contributed by atoms with van der Waals surface area (Å²) in [6, 6.07) is 5.95. The van der Waals surface area contributed by atoms with E-state index < -0.39 is 0 Å². The molecule has 0 bridgehead atoms. The first-order valence-electron chi connectivity index (χ1n) is 6.15. The molecule has 1 aromatic heterocycles. The fourth-order valence-corrected chi connectivity index (χ4v) is 2.20. The molecule has 0 atom stereocenters. The first-order chi connectivity index (χ1) is 8.65. The largest absolute Gasteiger partial charge is 0.486 e. The number of nitrogens with zero attached hydrogens (tertiary/aromatic N) is 1. The van der Waals surface area contributed by atoms with Crippen molar-refractivity contribution in [2.75, 3.05) is 18.9 Å². The highest BCUT2D eigenvalue weighted by Crippen LogP contribution is 2.35. The van der Waals surface area contributed by atoms with Gasteiger partial charge in [0.15, 0.2) is 11.5 Å². The van der Waals surface area contributed by atoms with E-state index in [2.05, 4.69) is 24.9 Å². The van der Waals surface area contributed by atoms with Crippen molar-refractivity contribution in [1.29, 1.82) is 0 Å². The summed E-state index contributed by atoms with van der Waals surface area (Å²) < 4.78 is 11.1. The molecule has 4 nitrogen and oxygen atoms in total. The number of ether oxygens (including phenoxy) is 2. The quantitative estimate of drug-likeness (QED) is 0.838. The molecule has 18 heavy (non-hydrogen) atoms. The molecule has 0 amide bonds. The van der Waals surface area contributed by atoms with Crippen molar-refractivity contribution in [3.05, 3.63) is 23.8 Å². The number of hydrogen-bond acceptors (Lipinski definition) is 4. The number of rotatable bonds is 1. The maximum absolute atomic E-state index is 5.98. The molecule has 0 unspecified atom stereocenters. The minimum Gasteiger partial charge on any atom is -0.486 e. The van der Waals surface area contributed by atoms with Crippen LogP contribution < -0.4 is 15.2 Å². The lowest BCUT2D eigenvalue weighted by Crippen LogP contribution is -2.15. The van der Waals surface area contributed by atoms with Crippen molar-refractivity contribution in [1.82, 2.24) is 4.98 Å². The smallest absolute Gasteiger partial charge is 0.163 e. The molecule has 94 valence electrons. The molecule has 0 saturated heterocycles. The Bertz CT molecular complexity index is 608. The van der Waals surface area contributed by atoms with Gasteiger partial charge in [-0.2, -0.15) is 0 Å². The molecule has 1 aromatic carbocycles. The van der Waals surface area contributed by atoms with Crippen LogP contribution in [0.2, 0.25) is 0 Å². The van der Waals surface area contributed by atoms with Gasteiger partial charge in [0, 0.05) is 11.5 Å². The molecule has 1 aliphatic rings. The van der Waals surface area contributed by atoms with Gasteiger partial charge in [0.05, 0.1) is 5.52 Å². The van der Waals surface area contributed by atoms with Crippen molar-refractivity contribution in [3.8, 4) is 11.5 Å². The number of nitrogen functional groups attached to an aromatic ring is 1. The summed E-state index contributed by atoms with van der Waals surface area (Å²) in [5.41, 5.74) is 7.90. The van der Waals surface area contributed by atoms with Gasteiger partial charge in [-0.15, -0.1) is 0 Å². The molecule has 2 N–H and O–H groups in total. The van der Waals surface area contributed by atoms with E-state index in [9.17, 15) is 0 Å². The van der Waals surface area contributed by atoms with Crippen LogP contribution in [0.1, 0.15) is 25.3 Å². The van der Waals surface area contributed by atoms with E-state index in [-0.39, 0.29) is 0 Å². The predicted octanol–water partition coefficient (Wildman–Crippen LogP) is 2.71. The maximum Gasteiger partial charge on any atom is 0.163 e.